The Labute approximate surface area is 553 Å². The standard InChI is InChI=1S/C28H40N2O3.2C25H34N2O3/c1-3-4-6-28(31)26-18-29(27-12-11-23(32-2)17-25(26)27)13-5-14-30-21-9-10-22(30)16-24(15-21)33-19-20-7-8-20;1-17(28)24-15-26(25-9-8-21(29-2)14-23(24)25)10-3-11-27-19-6-7-20(27)13-22(12-19)30-16-18-4-5-18;1-17(28)24-15-26(25-14-21(29-2)8-9-23(24)25)10-3-11-27-19-6-7-20(27)13-22(12-19)30-16-18-4-5-18/h11-12,17-18,20-22,24H,3-10,13-16,19H2,1-2H3;2*8-9,14-15,18-20,22H,3-7,10-13,16H2,1-2H3. The van der Waals surface area contributed by atoms with Gasteiger partial charge in [-0.25, -0.2) is 0 Å². The second-order valence-electron chi connectivity index (χ2n) is 29.5. The normalized spacial score (nSPS) is 25.9. The van der Waals surface area contributed by atoms with Crippen molar-refractivity contribution in [2.75, 3.05) is 60.8 Å². The molecule has 3 saturated carbocycles. The summed E-state index contributed by atoms with van der Waals surface area (Å²) in [7, 11) is 5.04. The molecule has 9 fully saturated rings. The van der Waals surface area contributed by atoms with Gasteiger partial charge in [-0.3, -0.25) is 29.1 Å². The Morgan fingerprint density at radius 2 is 0.742 bits per heavy atom. The van der Waals surface area contributed by atoms with E-state index in [9.17, 15) is 14.4 Å². The van der Waals surface area contributed by atoms with E-state index in [2.05, 4.69) is 53.7 Å². The van der Waals surface area contributed by atoms with E-state index in [0.29, 0.717) is 61.0 Å². The number of rotatable bonds is 30. The zero-order chi connectivity index (χ0) is 64.1. The number of methoxy groups -OCH3 is 3. The molecule has 0 spiro atoms. The minimum absolute atomic E-state index is 0.110. The van der Waals surface area contributed by atoms with Crippen molar-refractivity contribution in [3.8, 4) is 17.2 Å². The number of benzene rings is 3. The molecule has 0 radical (unpaired) electrons. The molecule has 3 aliphatic carbocycles. The zero-order valence-corrected chi connectivity index (χ0v) is 57.0. The summed E-state index contributed by atoms with van der Waals surface area (Å²) in [5.74, 6) is 5.50. The fourth-order valence-corrected chi connectivity index (χ4v) is 17.1. The third-order valence-corrected chi connectivity index (χ3v) is 22.8. The lowest BCUT2D eigenvalue weighted by Crippen LogP contribution is -2.46. The van der Waals surface area contributed by atoms with Crippen LogP contribution in [0.5, 0.6) is 17.2 Å². The quantitative estimate of drug-likeness (QED) is 0.0398. The van der Waals surface area contributed by atoms with Gasteiger partial charge in [-0.05, 0) is 221 Å². The van der Waals surface area contributed by atoms with Crippen LogP contribution in [0, 0.1) is 17.8 Å². The van der Waals surface area contributed by atoms with Gasteiger partial charge in [0.1, 0.15) is 17.2 Å². The maximum Gasteiger partial charge on any atom is 0.165 e. The number of hydrogen-bond acceptors (Lipinski definition) is 12. The second kappa shape index (κ2) is 30.3. The van der Waals surface area contributed by atoms with Crippen molar-refractivity contribution < 1.29 is 42.8 Å². The Morgan fingerprint density at radius 1 is 0.398 bits per heavy atom. The lowest BCUT2D eigenvalue weighted by molar-refractivity contribution is -0.0243. The molecule has 15 rings (SSSR count). The van der Waals surface area contributed by atoms with Crippen LogP contribution in [0.1, 0.15) is 206 Å². The van der Waals surface area contributed by atoms with E-state index in [4.69, 9.17) is 28.4 Å². The first kappa shape index (κ1) is 66.1. The first-order valence-corrected chi connectivity index (χ1v) is 36.6. The third kappa shape index (κ3) is 16.0. The lowest BCUT2D eigenvalue weighted by Gasteiger charge is -2.39. The Balaban J connectivity index is 0.000000127. The highest BCUT2D eigenvalue weighted by Crippen LogP contribution is 2.42. The van der Waals surface area contributed by atoms with Crippen molar-refractivity contribution in [3.05, 3.63) is 89.9 Å². The SMILES string of the molecule is CCCCC(=O)c1cn(CCCN2C3CCC2CC(OCC2CC2)C3)c2ccc(OC)cc12.COc1ccc2c(C(C)=O)cn(CCCN3C4CCC3CC(OCC3CC3)C4)c2c1.COc1ccc2c(c1)c(C(C)=O)cn2CCCN1C2CCC1CC(OCC1CC1)C2. The number of ether oxygens (including phenoxy) is 6. The number of Topliss-reactive ketones (excluding diaryl/α,β-unsaturated/α-hetero) is 3. The second-order valence-corrected chi connectivity index (χ2v) is 29.5. The number of unbranched alkanes of at least 4 members (excludes halogenated alkanes) is 1. The fourth-order valence-electron chi connectivity index (χ4n) is 17.1. The molecule has 93 heavy (non-hydrogen) atoms. The first-order chi connectivity index (χ1) is 45.4. The van der Waals surface area contributed by atoms with Gasteiger partial charge in [-0.1, -0.05) is 13.3 Å². The number of aryl methyl sites for hydroxylation is 3. The van der Waals surface area contributed by atoms with Crippen LogP contribution >= 0.6 is 0 Å². The van der Waals surface area contributed by atoms with Gasteiger partial charge in [0.05, 0.1) is 45.2 Å². The molecule has 504 valence electrons. The van der Waals surface area contributed by atoms with Crippen molar-refractivity contribution in [2.45, 2.75) is 249 Å². The number of carbonyl (C=O) groups excluding carboxylic acids is 3. The van der Waals surface area contributed by atoms with E-state index in [1.54, 1.807) is 35.2 Å². The highest BCUT2D eigenvalue weighted by molar-refractivity contribution is 6.09. The van der Waals surface area contributed by atoms with Crippen LogP contribution in [0.25, 0.3) is 32.7 Å². The molecular formula is C78H108N6O9. The number of aromatic nitrogens is 3. The van der Waals surface area contributed by atoms with Crippen LogP contribution in [0.2, 0.25) is 0 Å². The molecule has 0 amide bonds. The summed E-state index contributed by atoms with van der Waals surface area (Å²) in [6.07, 6.45) is 37.0. The summed E-state index contributed by atoms with van der Waals surface area (Å²) < 4.78 is 41.7. The van der Waals surface area contributed by atoms with Gasteiger partial charge in [0.2, 0.25) is 0 Å². The average molecular weight is 1270 g/mol. The van der Waals surface area contributed by atoms with E-state index in [1.165, 1.54) is 116 Å². The molecule has 6 aromatic rings. The van der Waals surface area contributed by atoms with Gasteiger partial charge in [-0.15, -0.1) is 0 Å². The highest BCUT2D eigenvalue weighted by atomic mass is 16.5. The van der Waals surface area contributed by atoms with E-state index in [0.717, 1.165) is 176 Å². The Kier molecular flexibility index (Phi) is 21.5. The number of carbonyl (C=O) groups is 3. The Hall–Kier alpha value is -5.55. The van der Waals surface area contributed by atoms with Crippen molar-refractivity contribution in [3.63, 3.8) is 0 Å². The zero-order valence-electron chi connectivity index (χ0n) is 57.0. The van der Waals surface area contributed by atoms with Crippen LogP contribution in [0.3, 0.4) is 0 Å². The van der Waals surface area contributed by atoms with E-state index >= 15 is 0 Å². The topological polar surface area (TPSA) is 131 Å². The van der Waals surface area contributed by atoms with Crippen molar-refractivity contribution in [1.82, 2.24) is 28.4 Å². The van der Waals surface area contributed by atoms with Gasteiger partial charge >= 0.3 is 0 Å². The maximum absolute atomic E-state index is 12.9. The van der Waals surface area contributed by atoms with Gasteiger partial charge in [0.25, 0.3) is 0 Å². The van der Waals surface area contributed by atoms with Crippen LogP contribution in [-0.2, 0) is 33.8 Å². The van der Waals surface area contributed by atoms with Crippen LogP contribution in [0.15, 0.2) is 73.2 Å². The Morgan fingerprint density at radius 3 is 1.11 bits per heavy atom. The average Bonchev–Trinajstić information content (AvgIpc) is 1.76. The number of piperidine rings is 3. The summed E-state index contributed by atoms with van der Waals surface area (Å²) >= 11 is 0. The molecule has 0 N–H and O–H groups in total. The molecule has 15 heteroatoms. The predicted octanol–water partition coefficient (Wildman–Crippen LogP) is 15.2. The van der Waals surface area contributed by atoms with Gasteiger partial charge in [0.15, 0.2) is 17.3 Å². The Bertz CT molecular complexity index is 3480. The molecule has 6 bridgehead atoms. The molecule has 6 saturated heterocycles. The van der Waals surface area contributed by atoms with Crippen molar-refractivity contribution in [2.24, 2.45) is 17.8 Å². The van der Waals surface area contributed by atoms with Crippen LogP contribution < -0.4 is 14.2 Å². The summed E-state index contributed by atoms with van der Waals surface area (Å²) in [6, 6.07) is 22.4. The summed E-state index contributed by atoms with van der Waals surface area (Å²) in [6.45, 7) is 14.6. The largest absolute Gasteiger partial charge is 0.497 e. The maximum atomic E-state index is 12.9. The molecule has 6 atom stereocenters. The molecule has 3 aromatic carbocycles. The van der Waals surface area contributed by atoms with Gasteiger partial charge in [-0.2, -0.15) is 0 Å². The van der Waals surface area contributed by atoms with Crippen LogP contribution in [-0.4, -0.2) is 161 Å². The molecular weight excluding hydrogens is 1160 g/mol. The van der Waals surface area contributed by atoms with Crippen molar-refractivity contribution in [1.29, 1.82) is 0 Å². The first-order valence-electron chi connectivity index (χ1n) is 36.6. The summed E-state index contributed by atoms with van der Waals surface area (Å²) in [5, 5.41) is 3.05. The summed E-state index contributed by atoms with van der Waals surface area (Å²) in [4.78, 5) is 45.4. The third-order valence-electron chi connectivity index (χ3n) is 22.8. The number of nitrogens with zero attached hydrogens (tertiary/aromatic N) is 6. The fraction of sp³-hybridized carbons (Fsp3) is 0.654. The van der Waals surface area contributed by atoms with Gasteiger partial charge in [0, 0.05) is 170 Å². The minimum Gasteiger partial charge on any atom is -0.497 e. The summed E-state index contributed by atoms with van der Waals surface area (Å²) in [5.41, 5.74) is 5.81. The van der Waals surface area contributed by atoms with Gasteiger partial charge < -0.3 is 42.1 Å². The predicted molar refractivity (Wildman–Crippen MR) is 369 cm³/mol. The molecule has 6 unspecified atom stereocenters. The lowest BCUT2D eigenvalue weighted by atomic mass is 9.99. The molecule has 15 nitrogen and oxygen atoms in total. The molecule has 3 aromatic heterocycles. The van der Waals surface area contributed by atoms with E-state index in [1.807, 2.05) is 54.9 Å². The van der Waals surface area contributed by atoms with Crippen molar-refractivity contribution >= 4 is 50.1 Å². The minimum atomic E-state index is 0.110. The molecule has 9 aliphatic rings. The monoisotopic (exact) mass is 1270 g/mol. The molecule has 9 heterocycles. The number of hydrogen-bond donors (Lipinski definition) is 0. The number of fused-ring (bicyclic) bond motifs is 9. The van der Waals surface area contributed by atoms with E-state index < -0.39 is 0 Å². The van der Waals surface area contributed by atoms with Crippen LogP contribution in [0.4, 0.5) is 0 Å². The van der Waals surface area contributed by atoms with E-state index in [-0.39, 0.29) is 17.3 Å². The highest BCUT2D eigenvalue weighted by Gasteiger charge is 2.44. The molecule has 6 aliphatic heterocycles. The smallest absolute Gasteiger partial charge is 0.165 e. The number of ketones is 3.